The van der Waals surface area contributed by atoms with Gasteiger partial charge in [0.15, 0.2) is 0 Å². The largest absolute Gasteiger partial charge is 0.369 e. The molecule has 4 nitrogen and oxygen atoms in total. The second kappa shape index (κ2) is 5.65. The first-order valence-corrected chi connectivity index (χ1v) is 8.58. The molecule has 1 aliphatic carbocycles. The van der Waals surface area contributed by atoms with Gasteiger partial charge in [-0.1, -0.05) is 12.8 Å². The third-order valence-electron chi connectivity index (χ3n) is 4.71. The molecular formula is C17H18N4S. The average Bonchev–Trinajstić information content (AvgIpc) is 3.24. The van der Waals surface area contributed by atoms with E-state index in [1.165, 1.54) is 31.2 Å². The first kappa shape index (κ1) is 13.6. The number of anilines is 1. The lowest BCUT2D eigenvalue weighted by atomic mass is 9.79. The van der Waals surface area contributed by atoms with E-state index in [2.05, 4.69) is 43.8 Å². The summed E-state index contributed by atoms with van der Waals surface area (Å²) < 4.78 is 0. The highest BCUT2D eigenvalue weighted by atomic mass is 32.1. The Morgan fingerprint density at radius 2 is 1.91 bits per heavy atom. The van der Waals surface area contributed by atoms with Gasteiger partial charge in [-0.2, -0.15) is 0 Å². The Morgan fingerprint density at radius 1 is 1.09 bits per heavy atom. The van der Waals surface area contributed by atoms with Crippen LogP contribution >= 0.6 is 11.3 Å². The molecule has 4 rings (SSSR count). The Bertz CT molecular complexity index is 762. The van der Waals surface area contributed by atoms with Crippen LogP contribution in [0.15, 0.2) is 42.3 Å². The van der Waals surface area contributed by atoms with E-state index in [4.69, 9.17) is 0 Å². The van der Waals surface area contributed by atoms with E-state index in [-0.39, 0.29) is 5.41 Å². The first-order chi connectivity index (χ1) is 10.9. The number of nitrogens with one attached hydrogen (secondary N) is 1. The van der Waals surface area contributed by atoms with Crippen molar-refractivity contribution in [3.63, 3.8) is 0 Å². The Hall–Kier alpha value is -2.01. The maximum absolute atomic E-state index is 4.44. The minimum Gasteiger partial charge on any atom is -0.369 e. The summed E-state index contributed by atoms with van der Waals surface area (Å²) in [6.07, 6.45) is 10.5. The molecule has 0 spiro atoms. The smallest absolute Gasteiger partial charge is 0.138 e. The first-order valence-electron chi connectivity index (χ1n) is 7.70. The van der Waals surface area contributed by atoms with Gasteiger partial charge in [-0.15, -0.1) is 11.3 Å². The van der Waals surface area contributed by atoms with Gasteiger partial charge in [-0.25, -0.2) is 9.97 Å². The molecule has 0 aromatic carbocycles. The molecule has 3 heterocycles. The summed E-state index contributed by atoms with van der Waals surface area (Å²) in [5.74, 6) is 0.951. The summed E-state index contributed by atoms with van der Waals surface area (Å²) in [5, 5.41) is 6.78. The van der Waals surface area contributed by atoms with Crippen LogP contribution in [0, 0.1) is 0 Å². The van der Waals surface area contributed by atoms with Crippen LogP contribution in [0.3, 0.4) is 0 Å². The number of aromatic nitrogens is 3. The van der Waals surface area contributed by atoms with Crippen LogP contribution in [0.1, 0.15) is 31.2 Å². The molecule has 0 bridgehead atoms. The van der Waals surface area contributed by atoms with Crippen molar-refractivity contribution in [2.24, 2.45) is 0 Å². The molecule has 1 saturated carbocycles. The molecule has 1 fully saturated rings. The lowest BCUT2D eigenvalue weighted by Crippen LogP contribution is -2.31. The van der Waals surface area contributed by atoms with Crippen LogP contribution < -0.4 is 5.32 Å². The van der Waals surface area contributed by atoms with E-state index >= 15 is 0 Å². The van der Waals surface area contributed by atoms with Gasteiger partial charge in [-0.05, 0) is 42.0 Å². The second-order valence-electron chi connectivity index (χ2n) is 5.94. The lowest BCUT2D eigenvalue weighted by molar-refractivity contribution is 0.466. The van der Waals surface area contributed by atoms with Crippen molar-refractivity contribution in [2.75, 3.05) is 11.9 Å². The summed E-state index contributed by atoms with van der Waals surface area (Å²) in [4.78, 5) is 14.0. The van der Waals surface area contributed by atoms with Crippen molar-refractivity contribution in [3.05, 3.63) is 47.9 Å². The molecule has 112 valence electrons. The monoisotopic (exact) mass is 310 g/mol. The molecule has 1 N–H and O–H groups in total. The fraction of sp³-hybridized carbons (Fsp3) is 0.353. The van der Waals surface area contributed by atoms with E-state index < -0.39 is 0 Å². The topological polar surface area (TPSA) is 50.7 Å². The van der Waals surface area contributed by atoms with E-state index in [9.17, 15) is 0 Å². The zero-order valence-electron chi connectivity index (χ0n) is 12.3. The van der Waals surface area contributed by atoms with Crippen LogP contribution in [0.2, 0.25) is 0 Å². The van der Waals surface area contributed by atoms with Crippen molar-refractivity contribution in [2.45, 2.75) is 31.1 Å². The number of pyridine rings is 1. The zero-order valence-corrected chi connectivity index (χ0v) is 13.1. The lowest BCUT2D eigenvalue weighted by Gasteiger charge is -2.30. The number of hydrogen-bond donors (Lipinski definition) is 1. The van der Waals surface area contributed by atoms with Crippen molar-refractivity contribution >= 4 is 27.4 Å². The molecule has 1 aliphatic rings. The summed E-state index contributed by atoms with van der Waals surface area (Å²) in [6.45, 7) is 0.916. The van der Waals surface area contributed by atoms with Gasteiger partial charge < -0.3 is 5.32 Å². The maximum atomic E-state index is 4.44. The third kappa shape index (κ3) is 2.35. The van der Waals surface area contributed by atoms with Gasteiger partial charge in [0.25, 0.3) is 0 Å². The van der Waals surface area contributed by atoms with Crippen molar-refractivity contribution in [3.8, 4) is 0 Å². The zero-order chi connectivity index (χ0) is 14.8. The van der Waals surface area contributed by atoms with E-state index in [0.29, 0.717) is 0 Å². The molecule has 3 aromatic rings. The van der Waals surface area contributed by atoms with Gasteiger partial charge in [0.2, 0.25) is 0 Å². The summed E-state index contributed by atoms with van der Waals surface area (Å²) >= 11 is 1.66. The average molecular weight is 310 g/mol. The Labute approximate surface area is 133 Å². The predicted molar refractivity (Wildman–Crippen MR) is 90.3 cm³/mol. The van der Waals surface area contributed by atoms with Gasteiger partial charge in [0.05, 0.1) is 5.39 Å². The van der Waals surface area contributed by atoms with Crippen molar-refractivity contribution < 1.29 is 0 Å². The molecular weight excluding hydrogens is 292 g/mol. The molecule has 22 heavy (non-hydrogen) atoms. The normalized spacial score (nSPS) is 16.9. The molecule has 3 aromatic heterocycles. The molecule has 5 heteroatoms. The number of hydrogen-bond acceptors (Lipinski definition) is 5. The van der Waals surface area contributed by atoms with E-state index in [0.717, 1.165) is 22.6 Å². The molecule has 0 amide bonds. The van der Waals surface area contributed by atoms with E-state index in [1.54, 1.807) is 17.7 Å². The fourth-order valence-corrected chi connectivity index (χ4v) is 4.24. The fourth-order valence-electron chi connectivity index (χ4n) is 3.51. The minimum atomic E-state index is 0.205. The molecule has 0 aliphatic heterocycles. The number of rotatable bonds is 4. The van der Waals surface area contributed by atoms with Crippen molar-refractivity contribution in [1.29, 1.82) is 0 Å². The Balaban J connectivity index is 1.62. The Kier molecular flexibility index (Phi) is 3.50. The number of thiophene rings is 1. The quantitative estimate of drug-likeness (QED) is 0.791. The number of fused-ring (bicyclic) bond motifs is 1. The highest BCUT2D eigenvalue weighted by molar-refractivity contribution is 7.16. The third-order valence-corrected chi connectivity index (χ3v) is 5.53. The van der Waals surface area contributed by atoms with Gasteiger partial charge in [0.1, 0.15) is 17.0 Å². The van der Waals surface area contributed by atoms with Crippen LogP contribution in [0.25, 0.3) is 10.2 Å². The van der Waals surface area contributed by atoms with Crippen LogP contribution in [-0.2, 0) is 5.41 Å². The molecule has 0 saturated heterocycles. The van der Waals surface area contributed by atoms with Crippen molar-refractivity contribution in [1.82, 2.24) is 15.0 Å². The standard InChI is InChI=1S/C17H18N4S/c1-2-7-17(6-1,13-3-8-18-9-4-13)11-19-15-14-5-10-22-16(14)21-12-20-15/h3-5,8-10,12H,1-2,6-7,11H2,(H,19,20,21). The molecule has 0 radical (unpaired) electrons. The second-order valence-corrected chi connectivity index (χ2v) is 6.83. The Morgan fingerprint density at radius 3 is 2.73 bits per heavy atom. The van der Waals surface area contributed by atoms with Crippen LogP contribution in [0.5, 0.6) is 0 Å². The molecule has 0 atom stereocenters. The van der Waals surface area contributed by atoms with Gasteiger partial charge in [-0.3, -0.25) is 4.98 Å². The summed E-state index contributed by atoms with van der Waals surface area (Å²) in [7, 11) is 0. The highest BCUT2D eigenvalue weighted by Crippen LogP contribution is 2.41. The van der Waals surface area contributed by atoms with Gasteiger partial charge in [0, 0.05) is 24.4 Å². The maximum Gasteiger partial charge on any atom is 0.138 e. The van der Waals surface area contributed by atoms with Gasteiger partial charge >= 0.3 is 0 Å². The van der Waals surface area contributed by atoms with Crippen LogP contribution in [0.4, 0.5) is 5.82 Å². The van der Waals surface area contributed by atoms with Crippen LogP contribution in [-0.4, -0.2) is 21.5 Å². The minimum absolute atomic E-state index is 0.205. The molecule has 0 unspecified atom stereocenters. The highest BCUT2D eigenvalue weighted by Gasteiger charge is 2.35. The SMILES string of the molecule is c1cc(C2(CNc3ncnc4sccc34)CCCC2)ccn1. The number of nitrogens with zero attached hydrogens (tertiary/aromatic N) is 3. The van der Waals surface area contributed by atoms with E-state index in [1.807, 2.05) is 12.4 Å². The summed E-state index contributed by atoms with van der Waals surface area (Å²) in [5.41, 5.74) is 1.60. The predicted octanol–water partition coefficient (Wildman–Crippen LogP) is 4.01. The summed E-state index contributed by atoms with van der Waals surface area (Å²) in [6, 6.07) is 6.41.